The molecule has 0 N–H and O–H groups in total. The zero-order valence-corrected chi connectivity index (χ0v) is 8.18. The van der Waals surface area contributed by atoms with Crippen LogP contribution in [-0.2, 0) is 4.43 Å². The maximum Gasteiger partial charge on any atom is 0.229 e. The van der Waals surface area contributed by atoms with Gasteiger partial charge < -0.3 is 4.43 Å². The molecule has 0 aliphatic heterocycles. The van der Waals surface area contributed by atoms with Crippen molar-refractivity contribution in [2.24, 2.45) is 5.92 Å². The van der Waals surface area contributed by atoms with E-state index in [9.17, 15) is 0 Å². The summed E-state index contributed by atoms with van der Waals surface area (Å²) < 4.78 is 5.40. The molecule has 0 spiro atoms. The molecule has 62 valence electrons. The smallest absolute Gasteiger partial charge is 0.229 e. The van der Waals surface area contributed by atoms with E-state index in [1.807, 2.05) is 12.2 Å². The van der Waals surface area contributed by atoms with Gasteiger partial charge in [0.15, 0.2) is 0 Å². The topological polar surface area (TPSA) is 9.23 Å². The minimum absolute atomic E-state index is 0.319. The minimum atomic E-state index is 0.319. The van der Waals surface area contributed by atoms with Crippen molar-refractivity contribution in [2.75, 3.05) is 6.61 Å². The van der Waals surface area contributed by atoms with Crippen LogP contribution in [0, 0.1) is 5.92 Å². The van der Waals surface area contributed by atoms with Crippen LogP contribution in [0.15, 0.2) is 25.3 Å². The lowest BCUT2D eigenvalue weighted by Crippen LogP contribution is -2.06. The first kappa shape index (κ1) is 10.7. The summed E-state index contributed by atoms with van der Waals surface area (Å²) in [5.41, 5.74) is 0. The lowest BCUT2D eigenvalue weighted by molar-refractivity contribution is 0.312. The summed E-state index contributed by atoms with van der Waals surface area (Å²) in [6.07, 6.45) is 4.93. The van der Waals surface area contributed by atoms with Crippen molar-refractivity contribution in [3.05, 3.63) is 25.3 Å². The van der Waals surface area contributed by atoms with E-state index in [2.05, 4.69) is 20.1 Å². The molecule has 0 unspecified atom stereocenters. The maximum atomic E-state index is 5.40. The average Bonchev–Trinajstić information content (AvgIpc) is 2.05. The Hall–Kier alpha value is -0.343. The molecule has 0 aliphatic rings. The van der Waals surface area contributed by atoms with Crippen LogP contribution in [0.3, 0.4) is 0 Å². The molecule has 11 heavy (non-hydrogen) atoms. The summed E-state index contributed by atoms with van der Waals surface area (Å²) in [4.78, 5) is 0. The zero-order chi connectivity index (χ0) is 8.53. The van der Waals surface area contributed by atoms with E-state index in [1.165, 1.54) is 12.5 Å². The second kappa shape index (κ2) is 7.76. The fourth-order valence-corrected chi connectivity index (χ4v) is 1.22. The molecule has 0 rings (SSSR count). The minimum Gasteiger partial charge on any atom is -0.417 e. The van der Waals surface area contributed by atoms with Crippen molar-refractivity contribution >= 4 is 9.76 Å². The van der Waals surface area contributed by atoms with Crippen LogP contribution in [0.2, 0.25) is 6.04 Å². The fraction of sp³-hybridized carbons (Fsp3) is 0.556. The fourth-order valence-electron chi connectivity index (χ4n) is 0.562. The van der Waals surface area contributed by atoms with Gasteiger partial charge in [-0.25, -0.2) is 0 Å². The lowest BCUT2D eigenvalue weighted by atomic mass is 10.2. The first-order valence-electron chi connectivity index (χ1n) is 3.94. The van der Waals surface area contributed by atoms with Crippen LogP contribution in [-0.4, -0.2) is 16.4 Å². The Balaban J connectivity index is 3.21. The quantitative estimate of drug-likeness (QED) is 0.322. The zero-order valence-electron chi connectivity index (χ0n) is 7.18. The Morgan fingerprint density at radius 1 is 1.45 bits per heavy atom. The predicted molar refractivity (Wildman–Crippen MR) is 50.7 cm³/mol. The molecule has 0 aromatic heterocycles. The van der Waals surface area contributed by atoms with Gasteiger partial charge in [0.05, 0.1) is 0 Å². The van der Waals surface area contributed by atoms with Gasteiger partial charge in [0.2, 0.25) is 9.76 Å². The molecule has 2 radical (unpaired) electrons. The first-order valence-corrected chi connectivity index (χ1v) is 5.06. The highest BCUT2D eigenvalue weighted by atomic mass is 28.2. The molecule has 0 saturated carbocycles. The molecule has 0 amide bonds. The van der Waals surface area contributed by atoms with Crippen LogP contribution in [0.25, 0.3) is 0 Å². The van der Waals surface area contributed by atoms with E-state index in [4.69, 9.17) is 4.43 Å². The summed E-state index contributed by atoms with van der Waals surface area (Å²) in [5.74, 6) is 0.319. The number of hydrogen-bond acceptors (Lipinski definition) is 1. The second-order valence-corrected chi connectivity index (χ2v) is 3.42. The Morgan fingerprint density at radius 2 is 2.09 bits per heavy atom. The molecule has 2 heteroatoms. The Bertz CT molecular complexity index is 104. The van der Waals surface area contributed by atoms with Crippen molar-refractivity contribution in [1.29, 1.82) is 0 Å². The molecule has 1 nitrogen and oxygen atoms in total. The number of rotatable bonds is 7. The SMILES string of the molecule is C=CC(C=C)CO[Si]CCC. The molecule has 0 aromatic carbocycles. The standard InChI is InChI=1S/C9H16OSi/c1-4-7-11-10-8-9(5-2)6-3/h5-6,9H,2-4,7-8H2,1H3. The summed E-state index contributed by atoms with van der Waals surface area (Å²) in [6.45, 7) is 10.3. The summed E-state index contributed by atoms with van der Waals surface area (Å²) >= 11 is 0. The lowest BCUT2D eigenvalue weighted by Gasteiger charge is -2.06. The third-order valence-electron chi connectivity index (χ3n) is 1.34. The molecule has 0 atom stereocenters. The van der Waals surface area contributed by atoms with E-state index in [-0.39, 0.29) is 0 Å². The first-order chi connectivity index (χ1) is 5.35. The molecule has 0 heterocycles. The Labute approximate surface area is 72.1 Å². The second-order valence-electron chi connectivity index (χ2n) is 2.34. The van der Waals surface area contributed by atoms with E-state index < -0.39 is 0 Å². The molecular formula is C9H16OSi. The van der Waals surface area contributed by atoms with Crippen LogP contribution >= 0.6 is 0 Å². The highest BCUT2D eigenvalue weighted by Crippen LogP contribution is 1.99. The van der Waals surface area contributed by atoms with Gasteiger partial charge in [-0.1, -0.05) is 25.5 Å². The van der Waals surface area contributed by atoms with E-state index in [1.54, 1.807) is 0 Å². The third-order valence-corrected chi connectivity index (χ3v) is 2.41. The van der Waals surface area contributed by atoms with Gasteiger partial charge in [0, 0.05) is 12.5 Å². The highest BCUT2D eigenvalue weighted by molar-refractivity contribution is 6.26. The molecule has 0 aliphatic carbocycles. The van der Waals surface area contributed by atoms with Crippen molar-refractivity contribution < 1.29 is 4.43 Å². The van der Waals surface area contributed by atoms with Crippen LogP contribution < -0.4 is 0 Å². The number of hydrogen-bond donors (Lipinski definition) is 0. The van der Waals surface area contributed by atoms with Crippen LogP contribution in [0.1, 0.15) is 13.3 Å². The molecule has 0 aromatic rings. The van der Waals surface area contributed by atoms with Gasteiger partial charge in [-0.3, -0.25) is 0 Å². The van der Waals surface area contributed by atoms with Crippen LogP contribution in [0.4, 0.5) is 0 Å². The summed E-state index contributed by atoms with van der Waals surface area (Å²) in [6, 6.07) is 1.17. The molecule has 0 fully saturated rings. The predicted octanol–water partition coefficient (Wildman–Crippen LogP) is 2.44. The average molecular weight is 168 g/mol. The Morgan fingerprint density at radius 3 is 2.55 bits per heavy atom. The summed E-state index contributed by atoms with van der Waals surface area (Å²) in [5, 5.41) is 0. The van der Waals surface area contributed by atoms with Gasteiger partial charge in [0.1, 0.15) is 0 Å². The normalized spacial score (nSPS) is 10.0. The maximum absolute atomic E-state index is 5.40. The van der Waals surface area contributed by atoms with Crippen molar-refractivity contribution in [1.82, 2.24) is 0 Å². The summed E-state index contributed by atoms with van der Waals surface area (Å²) in [7, 11) is 0.636. The van der Waals surface area contributed by atoms with E-state index >= 15 is 0 Å². The molecule has 0 saturated heterocycles. The van der Waals surface area contributed by atoms with Crippen LogP contribution in [0.5, 0.6) is 0 Å². The van der Waals surface area contributed by atoms with Gasteiger partial charge in [0.25, 0.3) is 0 Å². The largest absolute Gasteiger partial charge is 0.417 e. The van der Waals surface area contributed by atoms with Crippen molar-refractivity contribution in [3.63, 3.8) is 0 Å². The van der Waals surface area contributed by atoms with Gasteiger partial charge >= 0.3 is 0 Å². The third kappa shape index (κ3) is 6.07. The molecule has 0 bridgehead atoms. The van der Waals surface area contributed by atoms with Gasteiger partial charge in [-0.05, 0) is 6.04 Å². The van der Waals surface area contributed by atoms with Gasteiger partial charge in [-0.15, -0.1) is 13.2 Å². The van der Waals surface area contributed by atoms with E-state index in [0.29, 0.717) is 15.7 Å². The van der Waals surface area contributed by atoms with Gasteiger partial charge in [-0.2, -0.15) is 0 Å². The highest BCUT2D eigenvalue weighted by Gasteiger charge is 1.97. The van der Waals surface area contributed by atoms with Crippen molar-refractivity contribution in [2.45, 2.75) is 19.4 Å². The van der Waals surface area contributed by atoms with E-state index in [0.717, 1.165) is 6.61 Å². The molecular weight excluding hydrogens is 152 g/mol. The van der Waals surface area contributed by atoms with Crippen molar-refractivity contribution in [3.8, 4) is 0 Å². The Kier molecular flexibility index (Phi) is 7.52. The monoisotopic (exact) mass is 168 g/mol.